The number of hydrogen-bond acceptors (Lipinski definition) is 7. The Morgan fingerprint density at radius 1 is 1.18 bits per heavy atom. The molecule has 0 aromatic carbocycles. The third-order valence-corrected chi connectivity index (χ3v) is 5.77. The maximum atomic E-state index is 13.0. The Bertz CT molecular complexity index is 1020. The van der Waals surface area contributed by atoms with Gasteiger partial charge in [-0.3, -0.25) is 4.79 Å². The Kier molecular flexibility index (Phi) is 4.22. The van der Waals surface area contributed by atoms with Gasteiger partial charge in [-0.2, -0.15) is 4.52 Å². The Labute approximate surface area is 161 Å². The van der Waals surface area contributed by atoms with Crippen LogP contribution in [0.15, 0.2) is 16.7 Å². The fourth-order valence-corrected chi connectivity index (χ4v) is 4.20. The quantitative estimate of drug-likeness (QED) is 0.683. The molecule has 9 heteroatoms. The number of aromatic nitrogens is 5. The van der Waals surface area contributed by atoms with Crippen LogP contribution in [-0.4, -0.2) is 56.0 Å². The summed E-state index contributed by atoms with van der Waals surface area (Å²) in [7, 11) is 1.59. The largest absolute Gasteiger partial charge is 0.480 e. The van der Waals surface area contributed by atoms with Crippen LogP contribution in [0.5, 0.6) is 5.88 Å². The van der Waals surface area contributed by atoms with Crippen molar-refractivity contribution in [3.05, 3.63) is 35.0 Å². The zero-order valence-corrected chi connectivity index (χ0v) is 15.8. The van der Waals surface area contributed by atoms with Crippen LogP contribution in [0.25, 0.3) is 5.65 Å². The van der Waals surface area contributed by atoms with Gasteiger partial charge in [-0.25, -0.2) is 0 Å². The number of amides is 1. The Morgan fingerprint density at radius 3 is 2.82 bits per heavy atom. The van der Waals surface area contributed by atoms with Crippen molar-refractivity contribution in [1.29, 1.82) is 0 Å². The van der Waals surface area contributed by atoms with E-state index in [1.807, 2.05) is 11.0 Å². The molecule has 0 unspecified atom stereocenters. The fraction of sp³-hybridized carbons (Fsp3) is 0.526. The van der Waals surface area contributed by atoms with Crippen molar-refractivity contribution >= 4 is 11.6 Å². The highest BCUT2D eigenvalue weighted by molar-refractivity contribution is 5.94. The van der Waals surface area contributed by atoms with Crippen LogP contribution < -0.4 is 4.74 Å². The van der Waals surface area contributed by atoms with Crippen molar-refractivity contribution < 1.29 is 14.1 Å². The van der Waals surface area contributed by atoms with Gasteiger partial charge in [0.05, 0.1) is 7.11 Å². The van der Waals surface area contributed by atoms with Crippen LogP contribution in [0.4, 0.5) is 0 Å². The number of carbonyl (C=O) groups is 1. The molecule has 1 fully saturated rings. The predicted octanol–water partition coefficient (Wildman–Crippen LogP) is 2.02. The summed E-state index contributed by atoms with van der Waals surface area (Å²) < 4.78 is 12.4. The van der Waals surface area contributed by atoms with Gasteiger partial charge in [0.15, 0.2) is 17.2 Å². The Balaban J connectivity index is 1.31. The number of methoxy groups -OCH3 is 1. The van der Waals surface area contributed by atoms with E-state index in [1.165, 1.54) is 0 Å². The molecule has 1 aliphatic heterocycles. The number of rotatable bonds is 3. The van der Waals surface area contributed by atoms with Gasteiger partial charge in [0.2, 0.25) is 5.88 Å². The first-order chi connectivity index (χ1) is 13.7. The molecule has 0 radical (unpaired) electrons. The van der Waals surface area contributed by atoms with Crippen molar-refractivity contribution in [2.45, 2.75) is 44.4 Å². The second-order valence-electron chi connectivity index (χ2n) is 7.41. The zero-order chi connectivity index (χ0) is 19.1. The van der Waals surface area contributed by atoms with E-state index in [0.717, 1.165) is 55.7 Å². The molecule has 5 rings (SSSR count). The van der Waals surface area contributed by atoms with E-state index >= 15 is 0 Å². The van der Waals surface area contributed by atoms with E-state index in [4.69, 9.17) is 9.26 Å². The zero-order valence-electron chi connectivity index (χ0n) is 15.8. The molecule has 1 saturated heterocycles. The van der Waals surface area contributed by atoms with Crippen LogP contribution in [-0.2, 0) is 12.8 Å². The number of likely N-dealkylation sites (tertiary alicyclic amines) is 1. The first kappa shape index (κ1) is 17.2. The standard InChI is InChI=1S/C19H22N6O3/c1-27-16-7-6-15-20-21-18(25(15)22-16)12-8-10-24(11-9-12)19(26)17-13-4-2-3-5-14(13)28-23-17/h6-7,12H,2-5,8-11H2,1H3. The van der Waals surface area contributed by atoms with Crippen molar-refractivity contribution in [2.24, 2.45) is 0 Å². The average molecular weight is 382 g/mol. The molecule has 1 amide bonds. The van der Waals surface area contributed by atoms with E-state index < -0.39 is 0 Å². The Hall–Kier alpha value is -2.97. The van der Waals surface area contributed by atoms with Gasteiger partial charge in [-0.05, 0) is 38.2 Å². The van der Waals surface area contributed by atoms with E-state index in [9.17, 15) is 4.79 Å². The maximum absolute atomic E-state index is 13.0. The lowest BCUT2D eigenvalue weighted by molar-refractivity contribution is 0.0699. The summed E-state index contributed by atoms with van der Waals surface area (Å²) in [5.41, 5.74) is 2.22. The number of hydrogen-bond donors (Lipinski definition) is 0. The molecule has 3 aromatic rings. The number of nitrogens with zero attached hydrogens (tertiary/aromatic N) is 6. The molecule has 0 saturated carbocycles. The second kappa shape index (κ2) is 6.88. The summed E-state index contributed by atoms with van der Waals surface area (Å²) in [5.74, 6) is 2.41. The number of carbonyl (C=O) groups excluding carboxylic acids is 1. The number of fused-ring (bicyclic) bond motifs is 2. The second-order valence-corrected chi connectivity index (χ2v) is 7.41. The van der Waals surface area contributed by atoms with E-state index in [0.29, 0.717) is 30.3 Å². The minimum Gasteiger partial charge on any atom is -0.480 e. The smallest absolute Gasteiger partial charge is 0.276 e. The molecule has 4 heterocycles. The molecular weight excluding hydrogens is 360 g/mol. The summed E-state index contributed by atoms with van der Waals surface area (Å²) in [4.78, 5) is 14.8. The van der Waals surface area contributed by atoms with Crippen LogP contribution in [0.1, 0.15) is 59.2 Å². The minimum atomic E-state index is -0.0174. The van der Waals surface area contributed by atoms with Crippen molar-refractivity contribution in [3.8, 4) is 5.88 Å². The lowest BCUT2D eigenvalue weighted by atomic mass is 9.94. The third kappa shape index (κ3) is 2.81. The molecule has 0 N–H and O–H groups in total. The molecule has 9 nitrogen and oxygen atoms in total. The molecule has 1 aliphatic carbocycles. The lowest BCUT2D eigenvalue weighted by Gasteiger charge is -2.30. The first-order valence-electron chi connectivity index (χ1n) is 9.77. The van der Waals surface area contributed by atoms with Gasteiger partial charge in [-0.15, -0.1) is 15.3 Å². The molecule has 0 bridgehead atoms. The summed E-state index contributed by atoms with van der Waals surface area (Å²) >= 11 is 0. The predicted molar refractivity (Wildman–Crippen MR) is 98.4 cm³/mol. The Morgan fingerprint density at radius 2 is 2.00 bits per heavy atom. The van der Waals surface area contributed by atoms with Crippen LogP contribution in [0.2, 0.25) is 0 Å². The molecule has 2 aliphatic rings. The van der Waals surface area contributed by atoms with Crippen LogP contribution >= 0.6 is 0 Å². The third-order valence-electron chi connectivity index (χ3n) is 5.77. The van der Waals surface area contributed by atoms with Crippen molar-refractivity contribution in [1.82, 2.24) is 29.9 Å². The molecular formula is C19H22N6O3. The molecule has 28 heavy (non-hydrogen) atoms. The summed E-state index contributed by atoms with van der Waals surface area (Å²) in [5, 5.41) is 17.1. The lowest BCUT2D eigenvalue weighted by Crippen LogP contribution is -2.39. The van der Waals surface area contributed by atoms with Gasteiger partial charge >= 0.3 is 0 Å². The van der Waals surface area contributed by atoms with E-state index in [1.54, 1.807) is 17.7 Å². The van der Waals surface area contributed by atoms with Crippen molar-refractivity contribution in [3.63, 3.8) is 0 Å². The van der Waals surface area contributed by atoms with E-state index in [-0.39, 0.29) is 11.8 Å². The monoisotopic (exact) mass is 382 g/mol. The van der Waals surface area contributed by atoms with Gasteiger partial charge < -0.3 is 14.2 Å². The molecule has 3 aromatic heterocycles. The highest BCUT2D eigenvalue weighted by Crippen LogP contribution is 2.30. The molecule has 0 spiro atoms. The summed E-state index contributed by atoms with van der Waals surface area (Å²) in [6.07, 6.45) is 5.58. The minimum absolute atomic E-state index is 0.0174. The summed E-state index contributed by atoms with van der Waals surface area (Å²) in [6.45, 7) is 1.31. The van der Waals surface area contributed by atoms with Crippen molar-refractivity contribution in [2.75, 3.05) is 20.2 Å². The van der Waals surface area contributed by atoms with Crippen LogP contribution in [0.3, 0.4) is 0 Å². The number of piperidine rings is 1. The SMILES string of the molecule is COc1ccc2nnc(C3CCN(C(=O)c4noc5c4CCCC5)CC3)n2n1. The topological polar surface area (TPSA) is 98.7 Å². The maximum Gasteiger partial charge on any atom is 0.276 e. The first-order valence-corrected chi connectivity index (χ1v) is 9.77. The van der Waals surface area contributed by atoms with Gasteiger partial charge in [0, 0.05) is 37.1 Å². The highest BCUT2D eigenvalue weighted by atomic mass is 16.5. The number of ether oxygens (including phenoxy) is 1. The van der Waals surface area contributed by atoms with E-state index in [2.05, 4.69) is 20.5 Å². The molecule has 146 valence electrons. The molecule has 0 atom stereocenters. The average Bonchev–Trinajstić information content (AvgIpc) is 3.37. The normalized spacial score (nSPS) is 17.7. The highest BCUT2D eigenvalue weighted by Gasteiger charge is 2.31. The van der Waals surface area contributed by atoms with Gasteiger partial charge in [0.1, 0.15) is 5.76 Å². The summed E-state index contributed by atoms with van der Waals surface area (Å²) in [6, 6.07) is 3.61. The van der Waals surface area contributed by atoms with Gasteiger partial charge in [0.25, 0.3) is 5.91 Å². The fourth-order valence-electron chi connectivity index (χ4n) is 4.20. The van der Waals surface area contributed by atoms with Crippen LogP contribution in [0, 0.1) is 0 Å². The number of aryl methyl sites for hydroxylation is 1. The van der Waals surface area contributed by atoms with Gasteiger partial charge in [-0.1, -0.05) is 5.16 Å².